The Labute approximate surface area is 107 Å². The van der Waals surface area contributed by atoms with Crippen molar-refractivity contribution in [3.8, 4) is 0 Å². The Kier molecular flexibility index (Phi) is 4.11. The van der Waals surface area contributed by atoms with Gasteiger partial charge in [-0.2, -0.15) is 0 Å². The lowest BCUT2D eigenvalue weighted by Gasteiger charge is -2.17. The molecule has 2 rings (SSSR count). The van der Waals surface area contributed by atoms with E-state index in [0.717, 1.165) is 0 Å². The van der Waals surface area contributed by atoms with Gasteiger partial charge in [0, 0.05) is 0 Å². The first-order valence-corrected chi connectivity index (χ1v) is 6.15. The molecule has 0 aliphatic heterocycles. The summed E-state index contributed by atoms with van der Waals surface area (Å²) >= 11 is 0. The topological polar surface area (TPSA) is 20.2 Å². The second-order valence-electron chi connectivity index (χ2n) is 4.62. The number of aliphatic hydroxyl groups is 1. The van der Waals surface area contributed by atoms with Crippen LogP contribution in [0.5, 0.6) is 0 Å². The second-order valence-corrected chi connectivity index (χ2v) is 4.62. The van der Waals surface area contributed by atoms with Gasteiger partial charge in [-0.15, -0.1) is 0 Å². The average molecular weight is 244 g/mol. The summed E-state index contributed by atoms with van der Waals surface area (Å²) in [6, 6.07) is 16.2. The van der Waals surface area contributed by atoms with E-state index in [4.69, 9.17) is 0 Å². The largest absolute Gasteiger partial charge is 0.388 e. The first-order chi connectivity index (χ1) is 8.66. The molecule has 1 N–H and O–H groups in total. The van der Waals surface area contributed by atoms with Crippen molar-refractivity contribution < 1.29 is 9.50 Å². The maximum Gasteiger partial charge on any atom is 0.123 e. The Morgan fingerprint density at radius 2 is 1.67 bits per heavy atom. The molecule has 1 nitrogen and oxygen atoms in total. The third kappa shape index (κ3) is 3.17. The number of hydrogen-bond acceptors (Lipinski definition) is 1. The number of aliphatic hydroxyl groups excluding tert-OH is 1. The quantitative estimate of drug-likeness (QED) is 0.860. The average Bonchev–Trinajstić information content (AvgIpc) is 2.39. The predicted octanol–water partition coefficient (Wildman–Crippen LogP) is 4.05. The van der Waals surface area contributed by atoms with E-state index in [1.54, 1.807) is 12.1 Å². The minimum atomic E-state index is -0.629. The maximum absolute atomic E-state index is 13.1. The zero-order valence-corrected chi connectivity index (χ0v) is 10.4. The van der Waals surface area contributed by atoms with Gasteiger partial charge in [0.15, 0.2) is 0 Å². The minimum absolute atomic E-state index is 0.240. The zero-order valence-electron chi connectivity index (χ0n) is 10.4. The van der Waals surface area contributed by atoms with Gasteiger partial charge in [0.2, 0.25) is 0 Å². The van der Waals surface area contributed by atoms with Crippen molar-refractivity contribution in [1.29, 1.82) is 0 Å². The van der Waals surface area contributed by atoms with Gasteiger partial charge in [0.05, 0.1) is 6.10 Å². The molecule has 0 heterocycles. The van der Waals surface area contributed by atoms with E-state index < -0.39 is 6.10 Å². The highest BCUT2D eigenvalue weighted by atomic mass is 19.1. The molecule has 0 amide bonds. The molecule has 0 aliphatic rings. The molecule has 2 aromatic rings. The van der Waals surface area contributed by atoms with Gasteiger partial charge in [-0.25, -0.2) is 4.39 Å². The summed E-state index contributed by atoms with van der Waals surface area (Å²) < 4.78 is 13.1. The fraction of sp³-hybridized carbons (Fsp3) is 0.250. The summed E-state index contributed by atoms with van der Waals surface area (Å²) in [4.78, 5) is 0. The molecule has 0 aromatic heterocycles. The molecule has 0 fully saturated rings. The molecule has 94 valence electrons. The van der Waals surface area contributed by atoms with Crippen LogP contribution >= 0.6 is 0 Å². The van der Waals surface area contributed by atoms with E-state index in [1.807, 2.05) is 30.3 Å². The van der Waals surface area contributed by atoms with Gasteiger partial charge in [-0.05, 0) is 35.6 Å². The summed E-state index contributed by atoms with van der Waals surface area (Å²) in [6.07, 6.45) is -0.0380. The zero-order chi connectivity index (χ0) is 13.0. The smallest absolute Gasteiger partial charge is 0.123 e. The molecule has 0 saturated carbocycles. The van der Waals surface area contributed by atoms with Crippen LogP contribution in [0.1, 0.15) is 36.5 Å². The van der Waals surface area contributed by atoms with Crippen LogP contribution in [0.3, 0.4) is 0 Å². The Morgan fingerprint density at radius 3 is 2.33 bits per heavy atom. The van der Waals surface area contributed by atoms with Crippen LogP contribution < -0.4 is 0 Å². The van der Waals surface area contributed by atoms with Gasteiger partial charge in [0.25, 0.3) is 0 Å². The summed E-state index contributed by atoms with van der Waals surface area (Å²) in [5, 5.41) is 10.1. The van der Waals surface area contributed by atoms with E-state index >= 15 is 0 Å². The molecular weight excluding hydrogens is 227 g/mol. The fourth-order valence-corrected chi connectivity index (χ4v) is 2.10. The van der Waals surface area contributed by atoms with Crippen LogP contribution in [-0.4, -0.2) is 5.11 Å². The first-order valence-electron chi connectivity index (χ1n) is 6.15. The van der Waals surface area contributed by atoms with Crippen LogP contribution in [0, 0.1) is 5.82 Å². The van der Waals surface area contributed by atoms with Gasteiger partial charge < -0.3 is 5.11 Å². The number of halogens is 1. The van der Waals surface area contributed by atoms with E-state index in [1.165, 1.54) is 17.7 Å². The predicted molar refractivity (Wildman–Crippen MR) is 70.8 cm³/mol. The number of rotatable bonds is 4. The SMILES string of the molecule is CC(CC(O)c1cccc(F)c1)c1ccccc1. The highest BCUT2D eigenvalue weighted by molar-refractivity contribution is 5.22. The molecule has 2 heteroatoms. The highest BCUT2D eigenvalue weighted by Crippen LogP contribution is 2.27. The van der Waals surface area contributed by atoms with Gasteiger partial charge in [0.1, 0.15) is 5.82 Å². The molecule has 2 aromatic carbocycles. The summed E-state index contributed by atoms with van der Waals surface area (Å²) in [7, 11) is 0. The van der Waals surface area contributed by atoms with Gasteiger partial charge in [-0.1, -0.05) is 49.4 Å². The van der Waals surface area contributed by atoms with Gasteiger partial charge >= 0.3 is 0 Å². The molecule has 0 spiro atoms. The fourth-order valence-electron chi connectivity index (χ4n) is 2.10. The lowest BCUT2D eigenvalue weighted by Crippen LogP contribution is -2.03. The Morgan fingerprint density at radius 1 is 1.00 bits per heavy atom. The first kappa shape index (κ1) is 12.8. The van der Waals surface area contributed by atoms with Crippen LogP contribution in [0.2, 0.25) is 0 Å². The van der Waals surface area contributed by atoms with Crippen molar-refractivity contribution in [2.75, 3.05) is 0 Å². The maximum atomic E-state index is 13.1. The lowest BCUT2D eigenvalue weighted by atomic mass is 9.92. The van der Waals surface area contributed by atoms with Crippen molar-refractivity contribution in [3.05, 3.63) is 71.5 Å². The number of benzene rings is 2. The molecule has 2 atom stereocenters. The third-order valence-corrected chi connectivity index (χ3v) is 3.18. The van der Waals surface area contributed by atoms with Crippen molar-refractivity contribution in [2.45, 2.75) is 25.4 Å². The van der Waals surface area contributed by atoms with E-state index in [2.05, 4.69) is 6.92 Å². The molecule has 0 aliphatic carbocycles. The van der Waals surface area contributed by atoms with Crippen LogP contribution in [0.4, 0.5) is 4.39 Å². The van der Waals surface area contributed by atoms with Crippen LogP contribution in [0.25, 0.3) is 0 Å². The Bertz CT molecular complexity index is 495. The molecule has 2 unspecified atom stereocenters. The molecular formula is C16H17FO. The van der Waals surface area contributed by atoms with Crippen molar-refractivity contribution >= 4 is 0 Å². The summed E-state index contributed by atoms with van der Waals surface area (Å²) in [6.45, 7) is 2.07. The highest BCUT2D eigenvalue weighted by Gasteiger charge is 2.14. The summed E-state index contributed by atoms with van der Waals surface area (Å²) in [5.74, 6) is -0.0663. The lowest BCUT2D eigenvalue weighted by molar-refractivity contribution is 0.159. The van der Waals surface area contributed by atoms with E-state index in [-0.39, 0.29) is 11.7 Å². The van der Waals surface area contributed by atoms with Gasteiger partial charge in [-0.3, -0.25) is 0 Å². The normalized spacial score (nSPS) is 14.2. The van der Waals surface area contributed by atoms with Crippen molar-refractivity contribution in [3.63, 3.8) is 0 Å². The standard InChI is InChI=1S/C16H17FO/c1-12(13-6-3-2-4-7-13)10-16(18)14-8-5-9-15(17)11-14/h2-9,11-12,16,18H,10H2,1H3. The molecule has 18 heavy (non-hydrogen) atoms. The third-order valence-electron chi connectivity index (χ3n) is 3.18. The minimum Gasteiger partial charge on any atom is -0.388 e. The molecule has 0 saturated heterocycles. The Balaban J connectivity index is 2.05. The molecule has 0 bridgehead atoms. The van der Waals surface area contributed by atoms with E-state index in [9.17, 15) is 9.50 Å². The van der Waals surface area contributed by atoms with Crippen molar-refractivity contribution in [2.24, 2.45) is 0 Å². The summed E-state index contributed by atoms with van der Waals surface area (Å²) in [5.41, 5.74) is 1.82. The van der Waals surface area contributed by atoms with Crippen molar-refractivity contribution in [1.82, 2.24) is 0 Å². The second kappa shape index (κ2) is 5.78. The number of hydrogen-bond donors (Lipinski definition) is 1. The van der Waals surface area contributed by atoms with E-state index in [0.29, 0.717) is 12.0 Å². The Hall–Kier alpha value is -1.67. The monoisotopic (exact) mass is 244 g/mol. The molecule has 0 radical (unpaired) electrons. The van der Waals surface area contributed by atoms with Crippen LogP contribution in [-0.2, 0) is 0 Å². The van der Waals surface area contributed by atoms with Crippen LogP contribution in [0.15, 0.2) is 54.6 Å².